The van der Waals surface area contributed by atoms with Gasteiger partial charge in [-0.05, 0) is 19.4 Å². The van der Waals surface area contributed by atoms with Crippen LogP contribution in [-0.2, 0) is 23.9 Å². The summed E-state index contributed by atoms with van der Waals surface area (Å²) in [6, 6.07) is 5.82. The van der Waals surface area contributed by atoms with Crippen LogP contribution >= 0.6 is 11.8 Å². The summed E-state index contributed by atoms with van der Waals surface area (Å²) >= 11 is 1.44. The van der Waals surface area contributed by atoms with E-state index in [0.717, 1.165) is 0 Å². The zero-order valence-electron chi connectivity index (χ0n) is 18.0. The third kappa shape index (κ3) is 5.94. The molecule has 1 aliphatic rings. The number of nitrogens with one attached hydrogen (secondary N) is 1. The molecule has 0 aromatic heterocycles. The van der Waals surface area contributed by atoms with E-state index in [2.05, 4.69) is 10.3 Å². The minimum atomic E-state index is -0.938. The lowest BCUT2D eigenvalue weighted by Gasteiger charge is -2.31. The first kappa shape index (κ1) is 25.1. The van der Waals surface area contributed by atoms with Crippen molar-refractivity contribution < 1.29 is 28.8 Å². The lowest BCUT2D eigenvalue weighted by Crippen LogP contribution is -2.36. The monoisotopic (exact) mass is 463 g/mol. The van der Waals surface area contributed by atoms with E-state index >= 15 is 0 Å². The molecule has 1 heterocycles. The molecule has 0 saturated carbocycles. The summed E-state index contributed by atoms with van der Waals surface area (Å²) in [4.78, 5) is 51.4. The number of aliphatic imine (C=N–C) groups is 1. The number of rotatable bonds is 11. The lowest BCUT2D eigenvalue weighted by molar-refractivity contribution is -0.384. The van der Waals surface area contributed by atoms with Crippen molar-refractivity contribution in [1.82, 2.24) is 5.32 Å². The minimum Gasteiger partial charge on any atom is -0.468 e. The Morgan fingerprint density at radius 2 is 2.12 bits per heavy atom. The summed E-state index contributed by atoms with van der Waals surface area (Å²) in [6.07, 6.45) is 0.603. The van der Waals surface area contributed by atoms with Crippen LogP contribution in [0.25, 0.3) is 0 Å². The topological polar surface area (TPSA) is 137 Å². The molecule has 0 bridgehead atoms. The number of carbonyl (C=O) groups is 3. The summed E-state index contributed by atoms with van der Waals surface area (Å²) in [5.74, 6) is -2.14. The van der Waals surface area contributed by atoms with Crippen molar-refractivity contribution in [3.63, 3.8) is 0 Å². The summed E-state index contributed by atoms with van der Waals surface area (Å²) in [5, 5.41) is 13.9. The first-order valence-electron chi connectivity index (χ1n) is 9.87. The van der Waals surface area contributed by atoms with E-state index in [9.17, 15) is 24.5 Å². The number of benzene rings is 1. The Morgan fingerprint density at radius 1 is 1.38 bits per heavy atom. The molecule has 2 rings (SSSR count). The van der Waals surface area contributed by atoms with Gasteiger partial charge in [-0.1, -0.05) is 12.1 Å². The molecule has 0 aliphatic carbocycles. The van der Waals surface area contributed by atoms with Crippen LogP contribution in [0.2, 0.25) is 0 Å². The molecular weight excluding hydrogens is 438 g/mol. The number of nitro groups is 1. The number of amides is 1. The fraction of sp³-hybridized carbons (Fsp3) is 0.429. The molecule has 1 N–H and O–H groups in total. The van der Waals surface area contributed by atoms with Crippen LogP contribution in [-0.4, -0.2) is 60.8 Å². The molecule has 0 saturated heterocycles. The van der Waals surface area contributed by atoms with Crippen LogP contribution in [0, 0.1) is 16.0 Å². The first-order valence-corrected chi connectivity index (χ1v) is 11.0. The fourth-order valence-corrected chi connectivity index (χ4v) is 4.30. The Morgan fingerprint density at radius 3 is 2.75 bits per heavy atom. The lowest BCUT2D eigenvalue weighted by atomic mass is 9.75. The maximum atomic E-state index is 13.0. The van der Waals surface area contributed by atoms with Gasteiger partial charge in [0.1, 0.15) is 5.92 Å². The van der Waals surface area contributed by atoms with Crippen molar-refractivity contribution in [3.05, 3.63) is 51.2 Å². The Balaban J connectivity index is 2.61. The van der Waals surface area contributed by atoms with Crippen molar-refractivity contribution >= 4 is 41.5 Å². The Kier molecular flexibility index (Phi) is 9.39. The van der Waals surface area contributed by atoms with Crippen molar-refractivity contribution in [2.75, 3.05) is 31.8 Å². The highest BCUT2D eigenvalue weighted by Crippen LogP contribution is 2.41. The Labute approximate surface area is 189 Å². The van der Waals surface area contributed by atoms with E-state index < -0.39 is 28.7 Å². The molecule has 10 nitrogen and oxygen atoms in total. The van der Waals surface area contributed by atoms with E-state index in [4.69, 9.17) is 9.47 Å². The SMILES string of the molecule is CCOC(=O)C1=C(CSCCNC=O)N=C(C)C(C(=O)OC)C1c1cccc([N+](=O)[O-])c1. The molecule has 1 aliphatic heterocycles. The Hall–Kier alpha value is -3.21. The molecule has 0 radical (unpaired) electrons. The van der Waals surface area contributed by atoms with E-state index in [0.29, 0.717) is 41.4 Å². The highest BCUT2D eigenvalue weighted by Gasteiger charge is 2.43. The second-order valence-electron chi connectivity index (χ2n) is 6.79. The number of ether oxygens (including phenoxy) is 2. The number of hydrogen-bond acceptors (Lipinski definition) is 9. The van der Waals surface area contributed by atoms with E-state index in [-0.39, 0.29) is 17.9 Å². The summed E-state index contributed by atoms with van der Waals surface area (Å²) in [5.41, 5.74) is 1.28. The molecular formula is C21H25N3O7S. The number of methoxy groups -OCH3 is 1. The van der Waals surface area contributed by atoms with Crippen molar-refractivity contribution in [3.8, 4) is 0 Å². The van der Waals surface area contributed by atoms with Crippen LogP contribution < -0.4 is 5.32 Å². The molecule has 32 heavy (non-hydrogen) atoms. The van der Waals surface area contributed by atoms with Gasteiger partial charge < -0.3 is 14.8 Å². The second kappa shape index (κ2) is 12.0. The number of hydrogen-bond donors (Lipinski definition) is 1. The molecule has 11 heteroatoms. The van der Waals surface area contributed by atoms with Gasteiger partial charge in [0.25, 0.3) is 5.69 Å². The highest BCUT2D eigenvalue weighted by atomic mass is 32.2. The summed E-state index contributed by atoms with van der Waals surface area (Å²) in [7, 11) is 1.24. The predicted octanol–water partition coefficient (Wildman–Crippen LogP) is 2.24. The fourth-order valence-electron chi connectivity index (χ4n) is 3.48. The maximum Gasteiger partial charge on any atom is 0.336 e. The molecule has 0 spiro atoms. The number of carbonyl (C=O) groups excluding carboxylic acids is 3. The van der Waals surface area contributed by atoms with Crippen LogP contribution in [0.15, 0.2) is 40.5 Å². The van der Waals surface area contributed by atoms with Gasteiger partial charge in [0.2, 0.25) is 6.41 Å². The normalized spacial score (nSPS) is 17.9. The van der Waals surface area contributed by atoms with Gasteiger partial charge in [0, 0.05) is 41.8 Å². The van der Waals surface area contributed by atoms with E-state index in [1.807, 2.05) is 0 Å². The zero-order valence-corrected chi connectivity index (χ0v) is 18.8. The first-order chi connectivity index (χ1) is 15.3. The van der Waals surface area contributed by atoms with Gasteiger partial charge in [-0.25, -0.2) is 4.79 Å². The Bertz CT molecular complexity index is 945. The number of esters is 2. The summed E-state index contributed by atoms with van der Waals surface area (Å²) < 4.78 is 10.2. The highest BCUT2D eigenvalue weighted by molar-refractivity contribution is 7.99. The van der Waals surface area contributed by atoms with Crippen molar-refractivity contribution in [2.45, 2.75) is 19.8 Å². The van der Waals surface area contributed by atoms with Crippen LogP contribution in [0.4, 0.5) is 5.69 Å². The largest absolute Gasteiger partial charge is 0.468 e. The average molecular weight is 464 g/mol. The third-order valence-corrected chi connectivity index (χ3v) is 5.79. The van der Waals surface area contributed by atoms with Crippen LogP contribution in [0.5, 0.6) is 0 Å². The zero-order chi connectivity index (χ0) is 23.7. The maximum absolute atomic E-state index is 13.0. The minimum absolute atomic E-state index is 0.110. The molecule has 2 atom stereocenters. The van der Waals surface area contributed by atoms with E-state index in [1.54, 1.807) is 19.9 Å². The average Bonchev–Trinajstić information content (AvgIpc) is 2.78. The summed E-state index contributed by atoms with van der Waals surface area (Å²) in [6.45, 7) is 3.87. The second-order valence-corrected chi connectivity index (χ2v) is 7.89. The molecule has 1 aromatic rings. The van der Waals surface area contributed by atoms with Crippen molar-refractivity contribution in [2.24, 2.45) is 10.9 Å². The van der Waals surface area contributed by atoms with Gasteiger partial charge >= 0.3 is 11.9 Å². The predicted molar refractivity (Wildman–Crippen MR) is 120 cm³/mol. The molecule has 1 amide bonds. The van der Waals surface area contributed by atoms with Gasteiger partial charge in [-0.3, -0.25) is 24.7 Å². The van der Waals surface area contributed by atoms with Gasteiger partial charge in [0.05, 0.1) is 29.9 Å². The van der Waals surface area contributed by atoms with Crippen molar-refractivity contribution in [1.29, 1.82) is 0 Å². The quantitative estimate of drug-likeness (QED) is 0.173. The van der Waals surface area contributed by atoms with Gasteiger partial charge in [-0.2, -0.15) is 11.8 Å². The number of nitro benzene ring substituents is 1. The third-order valence-electron chi connectivity index (χ3n) is 4.82. The van der Waals surface area contributed by atoms with Gasteiger partial charge in [-0.15, -0.1) is 0 Å². The smallest absolute Gasteiger partial charge is 0.336 e. The molecule has 1 aromatic carbocycles. The van der Waals surface area contributed by atoms with E-state index in [1.165, 1.54) is 37.1 Å². The molecule has 172 valence electrons. The number of non-ortho nitro benzene ring substituents is 1. The number of thioether (sulfide) groups is 1. The van der Waals surface area contributed by atoms with Gasteiger partial charge in [0.15, 0.2) is 0 Å². The van der Waals surface area contributed by atoms with Crippen LogP contribution in [0.1, 0.15) is 25.3 Å². The molecule has 2 unspecified atom stereocenters. The molecule has 0 fully saturated rings. The van der Waals surface area contributed by atoms with Crippen LogP contribution in [0.3, 0.4) is 0 Å². The number of nitrogens with zero attached hydrogens (tertiary/aromatic N) is 2. The standard InChI is InChI=1S/C21H25N3O7S/c1-4-31-21(27)19-16(11-32-9-8-22-12-25)23-13(2)17(20(26)30-3)18(19)14-6-5-7-15(10-14)24(28)29/h5-7,10,12,17-18H,4,8-9,11H2,1-3H3,(H,22,25).